The molecule has 1 aliphatic rings. The smallest absolute Gasteiger partial charge is 0.254 e. The molecule has 1 aromatic heterocycles. The first-order valence-corrected chi connectivity index (χ1v) is 9.67. The van der Waals surface area contributed by atoms with Gasteiger partial charge in [0.25, 0.3) is 5.91 Å². The van der Waals surface area contributed by atoms with Gasteiger partial charge in [-0.1, -0.05) is 48.5 Å². The van der Waals surface area contributed by atoms with Gasteiger partial charge in [-0.15, -0.1) is 0 Å². The van der Waals surface area contributed by atoms with Crippen molar-refractivity contribution in [3.8, 4) is 11.4 Å². The van der Waals surface area contributed by atoms with Gasteiger partial charge in [0.15, 0.2) is 5.82 Å². The Balaban J connectivity index is 1.53. The number of rotatable bonds is 4. The van der Waals surface area contributed by atoms with Gasteiger partial charge in [-0.3, -0.25) is 4.79 Å². The molecule has 0 bridgehead atoms. The molecule has 0 radical (unpaired) electrons. The average molecular weight is 372 g/mol. The molecule has 1 amide bonds. The number of amides is 1. The van der Waals surface area contributed by atoms with E-state index in [1.165, 1.54) is 11.1 Å². The Labute approximate surface area is 165 Å². The summed E-state index contributed by atoms with van der Waals surface area (Å²) in [4.78, 5) is 19.3. The highest BCUT2D eigenvalue weighted by Crippen LogP contribution is 2.25. The first-order valence-electron chi connectivity index (χ1n) is 9.67. The van der Waals surface area contributed by atoms with E-state index in [2.05, 4.69) is 54.3 Å². The van der Waals surface area contributed by atoms with E-state index < -0.39 is 0 Å². The zero-order chi connectivity index (χ0) is 19.5. The minimum Gasteiger partial charge on any atom is -0.335 e. The minimum absolute atomic E-state index is 0.0563. The van der Waals surface area contributed by atoms with Crippen molar-refractivity contribution in [1.29, 1.82) is 0 Å². The number of carbonyl (C=O) groups excluding carboxylic acids is 1. The van der Waals surface area contributed by atoms with Gasteiger partial charge >= 0.3 is 0 Å². The molecule has 3 aromatic rings. The number of hydrogen-bond donors (Lipinski definition) is 0. The van der Waals surface area contributed by atoms with Crippen LogP contribution in [0.5, 0.6) is 0 Å². The number of aromatic nitrogens is 3. The number of carbonyl (C=O) groups is 1. The molecule has 5 heteroatoms. The molecular weight excluding hydrogens is 348 g/mol. The van der Waals surface area contributed by atoms with Crippen LogP contribution >= 0.6 is 0 Å². The van der Waals surface area contributed by atoms with Gasteiger partial charge in [0.1, 0.15) is 6.33 Å². The Bertz CT molecular complexity index is 1000. The summed E-state index contributed by atoms with van der Waals surface area (Å²) in [5, 5.41) is 4.30. The lowest BCUT2D eigenvalue weighted by Crippen LogP contribution is -2.34. The highest BCUT2D eigenvalue weighted by molar-refractivity contribution is 5.95. The normalized spacial score (nSPS) is 14.2. The van der Waals surface area contributed by atoms with Crippen LogP contribution in [0.25, 0.3) is 17.0 Å². The van der Waals surface area contributed by atoms with Gasteiger partial charge in [0, 0.05) is 30.3 Å². The van der Waals surface area contributed by atoms with Crippen LogP contribution in [-0.4, -0.2) is 38.7 Å². The van der Waals surface area contributed by atoms with Crippen LogP contribution in [0.3, 0.4) is 0 Å². The van der Waals surface area contributed by atoms with E-state index in [0.29, 0.717) is 12.1 Å². The van der Waals surface area contributed by atoms with Crippen molar-refractivity contribution in [2.24, 2.45) is 0 Å². The summed E-state index contributed by atoms with van der Waals surface area (Å²) in [6.45, 7) is 5.50. The van der Waals surface area contributed by atoms with Crippen LogP contribution < -0.4 is 0 Å². The fourth-order valence-electron chi connectivity index (χ4n) is 3.58. The van der Waals surface area contributed by atoms with Gasteiger partial charge in [-0.25, -0.2) is 9.67 Å². The molecule has 28 heavy (non-hydrogen) atoms. The van der Waals surface area contributed by atoms with Gasteiger partial charge in [-0.05, 0) is 43.5 Å². The molecule has 0 fully saturated rings. The molecule has 2 aromatic carbocycles. The van der Waals surface area contributed by atoms with Crippen molar-refractivity contribution in [2.45, 2.75) is 26.3 Å². The fourth-order valence-corrected chi connectivity index (χ4v) is 3.58. The Hall–Kier alpha value is -3.21. The van der Waals surface area contributed by atoms with Gasteiger partial charge < -0.3 is 4.90 Å². The molecule has 4 rings (SSSR count). The topological polar surface area (TPSA) is 51.0 Å². The molecule has 0 unspecified atom stereocenters. The molecule has 142 valence electrons. The van der Waals surface area contributed by atoms with Crippen LogP contribution in [0.1, 0.15) is 42.2 Å². The summed E-state index contributed by atoms with van der Waals surface area (Å²) in [7, 11) is 0. The SMILES string of the molecule is CC(C)n1ncnc1-c1cccc(C(=O)N2CC=C(c3ccccc3)CC2)c1. The van der Waals surface area contributed by atoms with Crippen molar-refractivity contribution in [3.63, 3.8) is 0 Å². The van der Waals surface area contributed by atoms with Crippen LogP contribution in [-0.2, 0) is 0 Å². The maximum Gasteiger partial charge on any atom is 0.254 e. The maximum atomic E-state index is 13.0. The van der Waals surface area contributed by atoms with Crippen molar-refractivity contribution in [3.05, 3.63) is 78.1 Å². The third-order valence-electron chi connectivity index (χ3n) is 5.07. The molecule has 0 N–H and O–H groups in total. The molecule has 0 saturated heterocycles. The molecule has 1 aliphatic heterocycles. The average Bonchev–Trinajstić information content (AvgIpc) is 3.24. The Morgan fingerprint density at radius 3 is 2.54 bits per heavy atom. The second-order valence-corrected chi connectivity index (χ2v) is 7.30. The fraction of sp³-hybridized carbons (Fsp3) is 0.261. The summed E-state index contributed by atoms with van der Waals surface area (Å²) in [6.07, 6.45) is 4.59. The standard InChI is InChI=1S/C23H24N4O/c1-17(2)27-22(24-16-25-27)20-9-6-10-21(15-20)23(28)26-13-11-19(12-14-26)18-7-4-3-5-8-18/h3-11,15-17H,12-14H2,1-2H3. The Morgan fingerprint density at radius 1 is 1.04 bits per heavy atom. The molecule has 0 saturated carbocycles. The van der Waals surface area contributed by atoms with E-state index in [9.17, 15) is 4.79 Å². The van der Waals surface area contributed by atoms with Crippen LogP contribution in [0.4, 0.5) is 0 Å². The Kier molecular flexibility index (Phi) is 5.06. The number of nitrogens with zero attached hydrogens (tertiary/aromatic N) is 4. The minimum atomic E-state index is 0.0563. The lowest BCUT2D eigenvalue weighted by molar-refractivity contribution is 0.0773. The van der Waals surface area contributed by atoms with Crippen molar-refractivity contribution >= 4 is 11.5 Å². The third kappa shape index (κ3) is 3.60. The largest absolute Gasteiger partial charge is 0.335 e. The summed E-state index contributed by atoms with van der Waals surface area (Å²) < 4.78 is 1.87. The van der Waals surface area contributed by atoms with Crippen LogP contribution in [0.15, 0.2) is 67.0 Å². The molecule has 0 aliphatic carbocycles. The van der Waals surface area contributed by atoms with E-state index >= 15 is 0 Å². The summed E-state index contributed by atoms with van der Waals surface area (Å²) in [5.41, 5.74) is 4.15. The van der Waals surface area contributed by atoms with Crippen molar-refractivity contribution in [1.82, 2.24) is 19.7 Å². The first kappa shape index (κ1) is 18.2. The van der Waals surface area contributed by atoms with Gasteiger partial charge in [-0.2, -0.15) is 5.10 Å². The molecule has 5 nitrogen and oxygen atoms in total. The van der Waals surface area contributed by atoms with Crippen LogP contribution in [0, 0.1) is 0 Å². The zero-order valence-corrected chi connectivity index (χ0v) is 16.2. The summed E-state index contributed by atoms with van der Waals surface area (Å²) in [5.74, 6) is 0.843. The van der Waals surface area contributed by atoms with E-state index in [4.69, 9.17) is 0 Å². The van der Waals surface area contributed by atoms with Crippen molar-refractivity contribution in [2.75, 3.05) is 13.1 Å². The maximum absolute atomic E-state index is 13.0. The predicted molar refractivity (Wildman–Crippen MR) is 111 cm³/mol. The van der Waals surface area contributed by atoms with E-state index in [0.717, 1.165) is 24.4 Å². The van der Waals surface area contributed by atoms with Crippen LogP contribution in [0.2, 0.25) is 0 Å². The molecule has 2 heterocycles. The third-order valence-corrected chi connectivity index (χ3v) is 5.07. The molecule has 0 atom stereocenters. The molecule has 0 spiro atoms. The monoisotopic (exact) mass is 372 g/mol. The first-order chi connectivity index (χ1) is 13.6. The lowest BCUT2D eigenvalue weighted by atomic mass is 9.99. The highest BCUT2D eigenvalue weighted by Gasteiger charge is 2.20. The highest BCUT2D eigenvalue weighted by atomic mass is 16.2. The quantitative estimate of drug-likeness (QED) is 0.680. The number of benzene rings is 2. The lowest BCUT2D eigenvalue weighted by Gasteiger charge is -2.27. The number of hydrogen-bond acceptors (Lipinski definition) is 3. The van der Waals surface area contributed by atoms with E-state index in [1.54, 1.807) is 6.33 Å². The van der Waals surface area contributed by atoms with E-state index in [-0.39, 0.29) is 11.9 Å². The predicted octanol–water partition coefficient (Wildman–Crippen LogP) is 4.46. The second kappa shape index (κ2) is 7.80. The van der Waals surface area contributed by atoms with Crippen molar-refractivity contribution < 1.29 is 4.79 Å². The second-order valence-electron chi connectivity index (χ2n) is 7.30. The van der Waals surface area contributed by atoms with Gasteiger partial charge in [0.2, 0.25) is 0 Å². The molecular formula is C23H24N4O. The van der Waals surface area contributed by atoms with E-state index in [1.807, 2.05) is 39.9 Å². The summed E-state index contributed by atoms with van der Waals surface area (Å²) in [6, 6.07) is 18.3. The van der Waals surface area contributed by atoms with Gasteiger partial charge in [0.05, 0.1) is 0 Å². The summed E-state index contributed by atoms with van der Waals surface area (Å²) >= 11 is 0. The Morgan fingerprint density at radius 2 is 1.82 bits per heavy atom. The zero-order valence-electron chi connectivity index (χ0n) is 16.2.